The second-order valence-corrected chi connectivity index (χ2v) is 7.85. The molecule has 1 atom stereocenters. The van der Waals surface area contributed by atoms with Crippen LogP contribution < -0.4 is 9.80 Å². The fourth-order valence-corrected chi connectivity index (χ4v) is 4.18. The topological polar surface area (TPSA) is 70.4 Å². The Morgan fingerprint density at radius 1 is 1.11 bits per heavy atom. The van der Waals surface area contributed by atoms with E-state index in [0.29, 0.717) is 12.0 Å². The normalized spacial score (nSPS) is 23.4. The largest absolute Gasteiger partial charge is 0.354 e. The molecule has 2 saturated heterocycles. The van der Waals surface area contributed by atoms with Crippen LogP contribution in [0.5, 0.6) is 0 Å². The molecule has 0 N–H and O–H groups in total. The van der Waals surface area contributed by atoms with E-state index in [9.17, 15) is 4.79 Å². The summed E-state index contributed by atoms with van der Waals surface area (Å²) in [7, 11) is 1.83. The van der Waals surface area contributed by atoms with Gasteiger partial charge in [0.05, 0.1) is 17.9 Å². The first-order chi connectivity index (χ1) is 13.2. The van der Waals surface area contributed by atoms with Crippen LogP contribution in [-0.4, -0.2) is 63.9 Å². The number of nitrogens with zero attached hydrogens (tertiary/aromatic N) is 7. The van der Waals surface area contributed by atoms with Gasteiger partial charge in [0.2, 0.25) is 0 Å². The Morgan fingerprint density at radius 2 is 2.00 bits per heavy atom. The van der Waals surface area contributed by atoms with E-state index in [1.165, 1.54) is 25.0 Å². The lowest BCUT2D eigenvalue weighted by molar-refractivity contribution is 0.229. The fraction of sp³-hybridized carbons (Fsp3) is 0.579. The van der Waals surface area contributed by atoms with Crippen LogP contribution in [0.2, 0.25) is 0 Å². The second-order valence-electron chi connectivity index (χ2n) is 7.85. The molecule has 2 aliphatic heterocycles. The Hall–Kier alpha value is -2.64. The van der Waals surface area contributed by atoms with Gasteiger partial charge in [-0.15, -0.1) is 0 Å². The van der Waals surface area contributed by atoms with Crippen LogP contribution in [0.15, 0.2) is 24.8 Å². The predicted molar refractivity (Wildman–Crippen MR) is 102 cm³/mol. The molecule has 2 amide bonds. The Kier molecular flexibility index (Phi) is 3.98. The van der Waals surface area contributed by atoms with Crippen molar-refractivity contribution >= 4 is 17.5 Å². The zero-order valence-electron chi connectivity index (χ0n) is 15.7. The number of carbonyl (C=O) groups is 1. The van der Waals surface area contributed by atoms with Gasteiger partial charge in [-0.3, -0.25) is 9.58 Å². The van der Waals surface area contributed by atoms with Crippen molar-refractivity contribution in [3.63, 3.8) is 0 Å². The Morgan fingerprint density at radius 3 is 2.74 bits per heavy atom. The first kappa shape index (κ1) is 16.5. The average Bonchev–Trinajstić information content (AvgIpc) is 3.35. The molecular formula is C19H25N7O. The number of hydrogen-bond acceptors (Lipinski definition) is 5. The number of anilines is 2. The summed E-state index contributed by atoms with van der Waals surface area (Å²) in [4.78, 5) is 27.0. The molecule has 4 heterocycles. The van der Waals surface area contributed by atoms with E-state index in [2.05, 4.69) is 26.0 Å². The van der Waals surface area contributed by atoms with E-state index >= 15 is 0 Å². The first-order valence-corrected chi connectivity index (χ1v) is 9.83. The smallest absolute Gasteiger partial charge is 0.324 e. The molecule has 1 saturated carbocycles. The lowest BCUT2D eigenvalue weighted by atomic mass is 9.83. The molecule has 0 radical (unpaired) electrons. The summed E-state index contributed by atoms with van der Waals surface area (Å²) in [5, 5.41) is 4.54. The number of carbonyl (C=O) groups excluding carboxylic acids is 1. The van der Waals surface area contributed by atoms with Gasteiger partial charge in [0.15, 0.2) is 0 Å². The highest BCUT2D eigenvalue weighted by Crippen LogP contribution is 2.36. The van der Waals surface area contributed by atoms with Crippen molar-refractivity contribution in [3.8, 4) is 0 Å². The van der Waals surface area contributed by atoms with Gasteiger partial charge in [-0.2, -0.15) is 5.10 Å². The highest BCUT2D eigenvalue weighted by molar-refractivity contribution is 5.93. The minimum absolute atomic E-state index is 0.0482. The summed E-state index contributed by atoms with van der Waals surface area (Å²) in [6, 6.07) is 2.52. The Labute approximate surface area is 158 Å². The highest BCUT2D eigenvalue weighted by atomic mass is 16.2. The summed E-state index contributed by atoms with van der Waals surface area (Å²) in [5.41, 5.74) is 2.07. The summed E-state index contributed by atoms with van der Waals surface area (Å²) in [5.74, 6) is 1.65. The number of amides is 2. The van der Waals surface area contributed by atoms with Gasteiger partial charge in [-0.05, 0) is 19.3 Å². The molecule has 8 nitrogen and oxygen atoms in total. The maximum absolute atomic E-state index is 12.2. The van der Waals surface area contributed by atoms with Gasteiger partial charge in [-0.1, -0.05) is 6.42 Å². The minimum Gasteiger partial charge on any atom is -0.354 e. The third-order valence-electron chi connectivity index (χ3n) is 6.17. The lowest BCUT2D eigenvalue weighted by Gasteiger charge is -2.26. The van der Waals surface area contributed by atoms with Crippen molar-refractivity contribution < 1.29 is 4.79 Å². The third kappa shape index (κ3) is 2.93. The average molecular weight is 367 g/mol. The van der Waals surface area contributed by atoms with Crippen molar-refractivity contribution in [2.45, 2.75) is 37.6 Å². The van der Waals surface area contributed by atoms with Crippen LogP contribution in [0, 0.1) is 0 Å². The third-order valence-corrected chi connectivity index (χ3v) is 6.17. The van der Waals surface area contributed by atoms with E-state index in [1.807, 2.05) is 17.9 Å². The quantitative estimate of drug-likeness (QED) is 0.829. The van der Waals surface area contributed by atoms with Crippen LogP contribution >= 0.6 is 0 Å². The molecule has 0 spiro atoms. The van der Waals surface area contributed by atoms with Gasteiger partial charge in [0, 0.05) is 57.1 Å². The Bertz CT molecular complexity index is 846. The summed E-state index contributed by atoms with van der Waals surface area (Å²) >= 11 is 0. The van der Waals surface area contributed by atoms with Gasteiger partial charge >= 0.3 is 6.03 Å². The van der Waals surface area contributed by atoms with E-state index in [4.69, 9.17) is 0 Å². The van der Waals surface area contributed by atoms with Gasteiger partial charge < -0.3 is 9.80 Å². The number of aromatic nitrogens is 4. The molecule has 0 bridgehead atoms. The van der Waals surface area contributed by atoms with E-state index in [0.717, 1.165) is 44.1 Å². The maximum Gasteiger partial charge on any atom is 0.324 e. The number of urea groups is 1. The van der Waals surface area contributed by atoms with Crippen LogP contribution in [0.1, 0.15) is 43.3 Å². The molecule has 3 fully saturated rings. The van der Waals surface area contributed by atoms with Crippen molar-refractivity contribution in [1.29, 1.82) is 0 Å². The summed E-state index contributed by atoms with van der Waals surface area (Å²) in [6.07, 6.45) is 10.4. The second kappa shape index (κ2) is 6.51. The number of hydrogen-bond donors (Lipinski definition) is 0. The highest BCUT2D eigenvalue weighted by Gasteiger charge is 2.30. The van der Waals surface area contributed by atoms with E-state index in [-0.39, 0.29) is 6.03 Å². The molecule has 8 heteroatoms. The molecule has 142 valence electrons. The van der Waals surface area contributed by atoms with Crippen molar-refractivity contribution in [1.82, 2.24) is 24.6 Å². The maximum atomic E-state index is 12.2. The molecule has 2 aromatic heterocycles. The lowest BCUT2D eigenvalue weighted by Crippen LogP contribution is -2.28. The molecule has 1 unspecified atom stereocenters. The van der Waals surface area contributed by atoms with Gasteiger partial charge in [0.1, 0.15) is 12.1 Å². The fourth-order valence-electron chi connectivity index (χ4n) is 4.18. The van der Waals surface area contributed by atoms with Crippen LogP contribution in [-0.2, 0) is 0 Å². The Balaban J connectivity index is 1.28. The number of rotatable bonds is 4. The molecular weight excluding hydrogens is 342 g/mol. The van der Waals surface area contributed by atoms with E-state index < -0.39 is 0 Å². The minimum atomic E-state index is 0.0482. The van der Waals surface area contributed by atoms with Gasteiger partial charge in [0.25, 0.3) is 0 Å². The molecule has 2 aromatic rings. The standard InChI is InChI=1S/C19H25N7O/c1-23-7-8-25(19(23)27)16-10-22-26(12-16)15-5-6-24(11-15)18-9-17(20-13-21-18)14-3-2-4-14/h9-10,12-15H,2-8,11H2,1H3. The molecule has 5 rings (SSSR count). The van der Waals surface area contributed by atoms with Crippen molar-refractivity contribution in [2.24, 2.45) is 0 Å². The first-order valence-electron chi connectivity index (χ1n) is 9.83. The number of likely N-dealkylation sites (N-methyl/N-ethyl adjacent to an activating group) is 1. The SMILES string of the molecule is CN1CCN(c2cnn(C3CCN(c4cc(C5CCC5)ncn4)C3)c2)C1=O. The van der Waals surface area contributed by atoms with Crippen molar-refractivity contribution in [2.75, 3.05) is 43.0 Å². The van der Waals surface area contributed by atoms with Gasteiger partial charge in [-0.25, -0.2) is 14.8 Å². The van der Waals surface area contributed by atoms with Crippen LogP contribution in [0.4, 0.5) is 16.3 Å². The summed E-state index contributed by atoms with van der Waals surface area (Å²) in [6.45, 7) is 3.34. The van der Waals surface area contributed by atoms with Crippen LogP contribution in [0.3, 0.4) is 0 Å². The van der Waals surface area contributed by atoms with E-state index in [1.54, 1.807) is 22.3 Å². The zero-order chi connectivity index (χ0) is 18.4. The molecule has 27 heavy (non-hydrogen) atoms. The zero-order valence-corrected chi connectivity index (χ0v) is 15.7. The molecule has 1 aliphatic carbocycles. The summed E-state index contributed by atoms with van der Waals surface area (Å²) < 4.78 is 2.01. The molecule has 3 aliphatic rings. The van der Waals surface area contributed by atoms with Crippen LogP contribution in [0.25, 0.3) is 0 Å². The predicted octanol–water partition coefficient (Wildman–Crippen LogP) is 2.26. The van der Waals surface area contributed by atoms with Crippen molar-refractivity contribution in [3.05, 3.63) is 30.5 Å². The molecule has 0 aromatic carbocycles. The monoisotopic (exact) mass is 367 g/mol.